The molecule has 14 heavy (non-hydrogen) atoms. The number of ether oxygens (including phenoxy) is 1. The third kappa shape index (κ3) is 1.93. The molecule has 0 radical (unpaired) electrons. The summed E-state index contributed by atoms with van der Waals surface area (Å²) in [7, 11) is 1.67. The molecule has 0 atom stereocenters. The van der Waals surface area contributed by atoms with Crippen LogP contribution < -0.4 is 0 Å². The third-order valence-electron chi connectivity index (χ3n) is 1.87. The minimum atomic E-state index is 0.651. The van der Waals surface area contributed by atoms with Gasteiger partial charge in [0.1, 0.15) is 0 Å². The normalized spacial score (nSPS) is 11.0. The average Bonchev–Trinajstić information content (AvgIpc) is 2.56. The van der Waals surface area contributed by atoms with Crippen LogP contribution in [0.1, 0.15) is 5.82 Å². The van der Waals surface area contributed by atoms with Gasteiger partial charge in [-0.15, -0.1) is 0 Å². The fraction of sp³-hybridized carbons (Fsp3) is 0.333. The summed E-state index contributed by atoms with van der Waals surface area (Å²) in [6, 6.07) is 3.87. The Balaban J connectivity index is 2.32. The van der Waals surface area contributed by atoms with Gasteiger partial charge in [-0.1, -0.05) is 15.9 Å². The molecular weight excluding hydrogens is 246 g/mol. The number of halogens is 1. The zero-order valence-electron chi connectivity index (χ0n) is 7.77. The highest BCUT2D eigenvalue weighted by atomic mass is 79.9. The van der Waals surface area contributed by atoms with E-state index in [1.807, 2.05) is 18.3 Å². The van der Waals surface area contributed by atoms with Gasteiger partial charge in [-0.3, -0.25) is 0 Å². The van der Waals surface area contributed by atoms with Gasteiger partial charge in [-0.25, -0.2) is 9.50 Å². The highest BCUT2D eigenvalue weighted by Gasteiger charge is 2.02. The van der Waals surface area contributed by atoms with E-state index in [0.29, 0.717) is 6.61 Å². The summed E-state index contributed by atoms with van der Waals surface area (Å²) >= 11 is 3.39. The zero-order chi connectivity index (χ0) is 9.97. The summed E-state index contributed by atoms with van der Waals surface area (Å²) < 4.78 is 7.74. The quantitative estimate of drug-likeness (QED) is 0.838. The first kappa shape index (κ1) is 9.61. The Labute approximate surface area is 90.0 Å². The van der Waals surface area contributed by atoms with Crippen LogP contribution in [-0.2, 0) is 11.2 Å². The molecule has 0 bridgehead atoms. The van der Waals surface area contributed by atoms with Crippen molar-refractivity contribution >= 4 is 21.6 Å². The fourth-order valence-corrected chi connectivity index (χ4v) is 1.52. The van der Waals surface area contributed by atoms with Crippen molar-refractivity contribution in [2.45, 2.75) is 6.42 Å². The summed E-state index contributed by atoms with van der Waals surface area (Å²) in [5.74, 6) is 0.810. The Morgan fingerprint density at radius 1 is 1.57 bits per heavy atom. The molecule has 0 aliphatic heterocycles. The first-order chi connectivity index (χ1) is 6.79. The van der Waals surface area contributed by atoms with Gasteiger partial charge in [0.25, 0.3) is 0 Å². The molecule has 0 fully saturated rings. The van der Waals surface area contributed by atoms with Crippen molar-refractivity contribution in [1.29, 1.82) is 0 Å². The number of fused-ring (bicyclic) bond motifs is 1. The monoisotopic (exact) mass is 255 g/mol. The minimum Gasteiger partial charge on any atom is -0.384 e. The fourth-order valence-electron chi connectivity index (χ4n) is 1.20. The summed E-state index contributed by atoms with van der Waals surface area (Å²) in [4.78, 5) is 4.35. The van der Waals surface area contributed by atoms with E-state index in [1.165, 1.54) is 0 Å². The van der Waals surface area contributed by atoms with Crippen molar-refractivity contribution in [3.8, 4) is 0 Å². The Kier molecular flexibility index (Phi) is 2.79. The van der Waals surface area contributed by atoms with E-state index in [-0.39, 0.29) is 0 Å². The summed E-state index contributed by atoms with van der Waals surface area (Å²) in [5.41, 5.74) is 0.852. The molecule has 0 saturated heterocycles. The van der Waals surface area contributed by atoms with E-state index in [0.717, 1.165) is 22.4 Å². The largest absolute Gasteiger partial charge is 0.384 e. The molecule has 74 valence electrons. The van der Waals surface area contributed by atoms with Crippen LogP contribution >= 0.6 is 15.9 Å². The predicted molar refractivity (Wildman–Crippen MR) is 56.3 cm³/mol. The van der Waals surface area contributed by atoms with Crippen LogP contribution in [0.3, 0.4) is 0 Å². The highest BCUT2D eigenvalue weighted by molar-refractivity contribution is 9.10. The molecule has 0 aromatic carbocycles. The van der Waals surface area contributed by atoms with Crippen LogP contribution in [0.2, 0.25) is 0 Å². The van der Waals surface area contributed by atoms with E-state index in [4.69, 9.17) is 4.74 Å². The second-order valence-corrected chi connectivity index (χ2v) is 3.83. The lowest BCUT2D eigenvalue weighted by Crippen LogP contribution is -1.96. The lowest BCUT2D eigenvalue weighted by molar-refractivity contribution is 0.200. The molecule has 2 aromatic heterocycles. The number of pyridine rings is 1. The van der Waals surface area contributed by atoms with Gasteiger partial charge in [0.15, 0.2) is 11.5 Å². The van der Waals surface area contributed by atoms with Crippen LogP contribution in [-0.4, -0.2) is 28.3 Å². The average molecular weight is 256 g/mol. The minimum absolute atomic E-state index is 0.651. The van der Waals surface area contributed by atoms with Gasteiger partial charge >= 0.3 is 0 Å². The van der Waals surface area contributed by atoms with Gasteiger partial charge in [0.2, 0.25) is 0 Å². The van der Waals surface area contributed by atoms with Crippen LogP contribution in [0.5, 0.6) is 0 Å². The van der Waals surface area contributed by atoms with Crippen LogP contribution in [0.25, 0.3) is 5.65 Å². The third-order valence-corrected chi connectivity index (χ3v) is 2.37. The molecule has 0 unspecified atom stereocenters. The summed E-state index contributed by atoms with van der Waals surface area (Å²) in [6.45, 7) is 0.651. The molecule has 0 spiro atoms. The van der Waals surface area contributed by atoms with E-state index in [2.05, 4.69) is 26.0 Å². The van der Waals surface area contributed by atoms with Crippen LogP contribution in [0.15, 0.2) is 22.8 Å². The topological polar surface area (TPSA) is 39.4 Å². The molecule has 5 heteroatoms. The first-order valence-electron chi connectivity index (χ1n) is 4.29. The highest BCUT2D eigenvalue weighted by Crippen LogP contribution is 2.11. The van der Waals surface area contributed by atoms with Gasteiger partial charge in [0, 0.05) is 24.2 Å². The van der Waals surface area contributed by atoms with E-state index >= 15 is 0 Å². The van der Waals surface area contributed by atoms with Crippen molar-refractivity contribution in [3.05, 3.63) is 28.6 Å². The number of nitrogens with zero attached hydrogens (tertiary/aromatic N) is 3. The number of methoxy groups -OCH3 is 1. The van der Waals surface area contributed by atoms with E-state index in [1.54, 1.807) is 11.6 Å². The maximum Gasteiger partial charge on any atom is 0.156 e. The number of hydrogen-bond donors (Lipinski definition) is 0. The molecule has 0 aliphatic carbocycles. The maximum atomic E-state index is 4.97. The predicted octanol–water partition coefficient (Wildman–Crippen LogP) is 1.68. The second-order valence-electron chi connectivity index (χ2n) is 2.92. The molecule has 2 aromatic rings. The number of aromatic nitrogens is 3. The van der Waals surface area contributed by atoms with Crippen molar-refractivity contribution in [2.75, 3.05) is 13.7 Å². The molecule has 0 saturated carbocycles. The molecule has 2 heterocycles. The Morgan fingerprint density at radius 2 is 2.43 bits per heavy atom. The Hall–Kier alpha value is -0.940. The van der Waals surface area contributed by atoms with Gasteiger partial charge < -0.3 is 4.74 Å². The lowest BCUT2D eigenvalue weighted by atomic mass is 10.4. The van der Waals surface area contributed by atoms with Crippen LogP contribution in [0, 0.1) is 0 Å². The van der Waals surface area contributed by atoms with Crippen molar-refractivity contribution in [2.24, 2.45) is 0 Å². The number of rotatable bonds is 3. The Morgan fingerprint density at radius 3 is 3.21 bits per heavy atom. The standard InChI is InChI=1S/C9H10BrN3O/c1-14-5-3-8-11-9-6-7(10)2-4-13(9)12-8/h2,4,6H,3,5H2,1H3. The Bertz CT molecular complexity index is 441. The van der Waals surface area contributed by atoms with E-state index < -0.39 is 0 Å². The smallest absolute Gasteiger partial charge is 0.156 e. The van der Waals surface area contributed by atoms with Gasteiger partial charge in [-0.05, 0) is 12.1 Å². The maximum absolute atomic E-state index is 4.97. The summed E-state index contributed by atoms with van der Waals surface area (Å²) in [6.07, 6.45) is 2.62. The van der Waals surface area contributed by atoms with Gasteiger partial charge in [0.05, 0.1) is 6.61 Å². The van der Waals surface area contributed by atoms with Gasteiger partial charge in [-0.2, -0.15) is 5.10 Å². The van der Waals surface area contributed by atoms with E-state index in [9.17, 15) is 0 Å². The first-order valence-corrected chi connectivity index (χ1v) is 5.08. The van der Waals surface area contributed by atoms with Crippen molar-refractivity contribution in [3.63, 3.8) is 0 Å². The van der Waals surface area contributed by atoms with Crippen molar-refractivity contribution in [1.82, 2.24) is 14.6 Å². The SMILES string of the molecule is COCCc1nc2cc(Br)ccn2n1. The molecule has 0 aliphatic rings. The molecule has 0 N–H and O–H groups in total. The molecule has 0 amide bonds. The lowest BCUT2D eigenvalue weighted by Gasteiger charge is -1.91. The molecule has 4 nitrogen and oxygen atoms in total. The number of hydrogen-bond acceptors (Lipinski definition) is 3. The zero-order valence-corrected chi connectivity index (χ0v) is 9.36. The van der Waals surface area contributed by atoms with Crippen molar-refractivity contribution < 1.29 is 4.74 Å². The second kappa shape index (κ2) is 4.06. The summed E-state index contributed by atoms with van der Waals surface area (Å²) in [5, 5.41) is 4.30. The van der Waals surface area contributed by atoms with Crippen LogP contribution in [0.4, 0.5) is 0 Å². The molecule has 2 rings (SSSR count). The molecular formula is C9H10BrN3O.